The maximum atomic E-state index is 12.8. The van der Waals surface area contributed by atoms with Crippen LogP contribution in [0, 0.1) is 0 Å². The molecule has 0 radical (unpaired) electrons. The van der Waals surface area contributed by atoms with Gasteiger partial charge in [0.15, 0.2) is 15.8 Å². The minimum atomic E-state index is -3.01. The van der Waals surface area contributed by atoms with Crippen LogP contribution in [0.4, 0.5) is 0 Å². The third kappa shape index (κ3) is 5.33. The van der Waals surface area contributed by atoms with Crippen molar-refractivity contribution in [3.05, 3.63) is 0 Å². The van der Waals surface area contributed by atoms with Gasteiger partial charge in [0.25, 0.3) is 0 Å². The molecule has 0 aromatic rings. The number of sulfone groups is 1. The molecule has 2 N–H and O–H groups in total. The summed E-state index contributed by atoms with van der Waals surface area (Å²) in [7, 11) is -3.01. The summed E-state index contributed by atoms with van der Waals surface area (Å²) in [5.74, 6) is 1.11. The second-order valence-electron chi connectivity index (χ2n) is 8.40. The number of aliphatic imine (C=N–C) groups is 1. The van der Waals surface area contributed by atoms with Crippen LogP contribution in [-0.2, 0) is 9.84 Å². The Labute approximate surface area is 153 Å². The van der Waals surface area contributed by atoms with Gasteiger partial charge in [0.1, 0.15) is 0 Å². The van der Waals surface area contributed by atoms with E-state index in [9.17, 15) is 8.42 Å². The molecule has 0 amide bonds. The molecule has 1 saturated heterocycles. The van der Waals surface area contributed by atoms with E-state index in [1.807, 2.05) is 0 Å². The first kappa shape index (κ1) is 20.5. The van der Waals surface area contributed by atoms with Crippen molar-refractivity contribution in [2.45, 2.75) is 70.1 Å². The Morgan fingerprint density at radius 1 is 1.20 bits per heavy atom. The van der Waals surface area contributed by atoms with Crippen molar-refractivity contribution in [1.29, 1.82) is 0 Å². The Morgan fingerprint density at radius 3 is 2.48 bits per heavy atom. The number of hydrogen-bond donors (Lipinski definition) is 2. The zero-order valence-electron chi connectivity index (χ0n) is 16.4. The van der Waals surface area contributed by atoms with E-state index in [0.29, 0.717) is 19.6 Å². The van der Waals surface area contributed by atoms with E-state index in [1.165, 1.54) is 0 Å². The number of nitrogens with one attached hydrogen (secondary N) is 2. The molecule has 1 heterocycles. The van der Waals surface area contributed by atoms with Crippen LogP contribution < -0.4 is 10.6 Å². The zero-order chi connectivity index (χ0) is 18.6. The lowest BCUT2D eigenvalue weighted by molar-refractivity contribution is 0.274. The van der Waals surface area contributed by atoms with Crippen molar-refractivity contribution in [1.82, 2.24) is 15.5 Å². The van der Waals surface area contributed by atoms with Gasteiger partial charge in [-0.1, -0.05) is 19.3 Å². The molecule has 0 atom stereocenters. The fourth-order valence-corrected chi connectivity index (χ4v) is 5.99. The number of hydrogen-bond acceptors (Lipinski definition) is 4. The van der Waals surface area contributed by atoms with Crippen LogP contribution in [0.25, 0.3) is 0 Å². The molecule has 0 aromatic carbocycles. The normalized spacial score (nSPS) is 23.7. The van der Waals surface area contributed by atoms with Crippen LogP contribution in [0.15, 0.2) is 4.99 Å². The van der Waals surface area contributed by atoms with Gasteiger partial charge in [-0.05, 0) is 40.5 Å². The fraction of sp³-hybridized carbons (Fsp3) is 0.944. The van der Waals surface area contributed by atoms with Crippen LogP contribution in [0.1, 0.15) is 59.8 Å². The summed E-state index contributed by atoms with van der Waals surface area (Å²) in [5.41, 5.74) is 0.0826. The van der Waals surface area contributed by atoms with E-state index in [1.54, 1.807) is 0 Å². The Bertz CT molecular complexity index is 560. The highest BCUT2D eigenvalue weighted by Crippen LogP contribution is 2.38. The largest absolute Gasteiger partial charge is 0.357 e. The van der Waals surface area contributed by atoms with E-state index in [2.05, 4.69) is 43.2 Å². The summed E-state index contributed by atoms with van der Waals surface area (Å²) < 4.78 is 25.0. The summed E-state index contributed by atoms with van der Waals surface area (Å²) in [6.07, 6.45) is 4.81. The Kier molecular flexibility index (Phi) is 6.76. The lowest BCUT2D eigenvalue weighted by Gasteiger charge is -2.45. The minimum absolute atomic E-state index is 0.0826. The van der Waals surface area contributed by atoms with Crippen LogP contribution >= 0.6 is 0 Å². The molecule has 1 spiro atoms. The van der Waals surface area contributed by atoms with Gasteiger partial charge in [-0.25, -0.2) is 8.42 Å². The summed E-state index contributed by atoms with van der Waals surface area (Å²) in [4.78, 5) is 6.91. The topological polar surface area (TPSA) is 73.8 Å². The lowest BCUT2D eigenvalue weighted by Crippen LogP contribution is -2.60. The second kappa shape index (κ2) is 8.25. The van der Waals surface area contributed by atoms with Gasteiger partial charge in [-0.3, -0.25) is 4.99 Å². The third-order valence-electron chi connectivity index (χ3n) is 5.20. The maximum absolute atomic E-state index is 12.8. The van der Waals surface area contributed by atoms with Crippen LogP contribution in [-0.4, -0.2) is 68.0 Å². The number of rotatable bonds is 4. The summed E-state index contributed by atoms with van der Waals surface area (Å²) in [6.45, 7) is 11.9. The molecule has 2 rings (SSSR count). The summed E-state index contributed by atoms with van der Waals surface area (Å²) in [5, 5.41) is 6.80. The fourth-order valence-electron chi connectivity index (χ4n) is 3.84. The van der Waals surface area contributed by atoms with Crippen molar-refractivity contribution in [2.75, 3.05) is 38.5 Å². The molecular weight excluding hydrogens is 336 g/mol. The van der Waals surface area contributed by atoms with E-state index in [0.717, 1.165) is 51.2 Å². The smallest absolute Gasteiger partial charge is 0.194 e. The van der Waals surface area contributed by atoms with E-state index in [-0.39, 0.29) is 11.3 Å². The Hall–Kier alpha value is -0.820. The van der Waals surface area contributed by atoms with E-state index < -0.39 is 14.6 Å². The minimum Gasteiger partial charge on any atom is -0.357 e. The van der Waals surface area contributed by atoms with Gasteiger partial charge in [0, 0.05) is 31.7 Å². The van der Waals surface area contributed by atoms with Crippen LogP contribution in [0.5, 0.6) is 0 Å². The summed E-state index contributed by atoms with van der Waals surface area (Å²) >= 11 is 0. The molecule has 146 valence electrons. The monoisotopic (exact) mass is 372 g/mol. The molecule has 0 unspecified atom stereocenters. The van der Waals surface area contributed by atoms with Crippen molar-refractivity contribution in [3.63, 3.8) is 0 Å². The highest BCUT2D eigenvalue weighted by molar-refractivity contribution is 7.92. The molecule has 0 aromatic heterocycles. The number of nitrogens with zero attached hydrogens (tertiary/aromatic N) is 2. The highest BCUT2D eigenvalue weighted by atomic mass is 32.2. The molecule has 2 fully saturated rings. The van der Waals surface area contributed by atoms with Crippen LogP contribution in [0.2, 0.25) is 0 Å². The number of guanidine groups is 1. The standard InChI is InChI=1S/C18H36N4O2S/c1-5-19-16(20-11-12-21-17(2,3)4)22-13-14-25(23,24)18(15-22)9-7-6-8-10-18/h21H,5-15H2,1-4H3,(H,19,20). The van der Waals surface area contributed by atoms with Gasteiger partial charge in [0.2, 0.25) is 0 Å². The molecule has 1 aliphatic carbocycles. The average molecular weight is 373 g/mol. The second-order valence-corrected chi connectivity index (χ2v) is 10.9. The van der Waals surface area contributed by atoms with E-state index >= 15 is 0 Å². The van der Waals surface area contributed by atoms with Gasteiger partial charge >= 0.3 is 0 Å². The van der Waals surface area contributed by atoms with Gasteiger partial charge in [-0.2, -0.15) is 0 Å². The molecule has 2 aliphatic rings. The van der Waals surface area contributed by atoms with Crippen molar-refractivity contribution >= 4 is 15.8 Å². The van der Waals surface area contributed by atoms with Crippen LogP contribution in [0.3, 0.4) is 0 Å². The average Bonchev–Trinajstić information content (AvgIpc) is 2.53. The lowest BCUT2D eigenvalue weighted by atomic mass is 9.87. The SMILES string of the molecule is CCNC(=NCCNC(C)(C)C)N1CCS(=O)(=O)C2(CCCCC2)C1. The molecule has 25 heavy (non-hydrogen) atoms. The van der Waals surface area contributed by atoms with Crippen molar-refractivity contribution < 1.29 is 8.42 Å². The first-order chi connectivity index (χ1) is 11.7. The predicted molar refractivity (Wildman–Crippen MR) is 105 cm³/mol. The molecule has 0 bridgehead atoms. The van der Waals surface area contributed by atoms with Gasteiger partial charge < -0.3 is 15.5 Å². The highest BCUT2D eigenvalue weighted by Gasteiger charge is 2.48. The Balaban J connectivity index is 2.07. The zero-order valence-corrected chi connectivity index (χ0v) is 17.2. The quantitative estimate of drug-likeness (QED) is 0.447. The molecule has 1 saturated carbocycles. The molecule has 1 aliphatic heterocycles. The first-order valence-electron chi connectivity index (χ1n) is 9.70. The predicted octanol–water partition coefficient (Wildman–Crippen LogP) is 1.77. The van der Waals surface area contributed by atoms with Gasteiger partial charge in [0.05, 0.1) is 17.0 Å². The Morgan fingerprint density at radius 2 is 1.88 bits per heavy atom. The molecule has 6 nitrogen and oxygen atoms in total. The summed E-state index contributed by atoms with van der Waals surface area (Å²) in [6, 6.07) is 0. The van der Waals surface area contributed by atoms with Gasteiger partial charge in [-0.15, -0.1) is 0 Å². The maximum Gasteiger partial charge on any atom is 0.194 e. The van der Waals surface area contributed by atoms with E-state index in [4.69, 9.17) is 4.99 Å². The van der Waals surface area contributed by atoms with Crippen molar-refractivity contribution in [3.8, 4) is 0 Å². The molecular formula is C18H36N4O2S. The first-order valence-corrected chi connectivity index (χ1v) is 11.3. The van der Waals surface area contributed by atoms with Crippen molar-refractivity contribution in [2.24, 2.45) is 4.99 Å². The molecule has 7 heteroatoms. The third-order valence-corrected chi connectivity index (χ3v) is 7.77.